The first-order valence-corrected chi connectivity index (χ1v) is 12.7. The summed E-state index contributed by atoms with van der Waals surface area (Å²) in [6.07, 6.45) is -0.263. The number of aliphatic carboxylic acids is 1. The smallest absolute Gasteiger partial charge is 0.327 e. The number of phenolic OH excluding ortho intramolecular Hbond substituents is 1. The van der Waals surface area contributed by atoms with Crippen LogP contribution < -0.4 is 27.4 Å². The number of carbonyl (C=O) groups is 5. The summed E-state index contributed by atoms with van der Waals surface area (Å²) >= 11 is 3.91. The molecule has 0 spiro atoms. The minimum atomic E-state index is -1.33. The van der Waals surface area contributed by atoms with Gasteiger partial charge in [-0.2, -0.15) is 12.6 Å². The molecule has 12 nitrogen and oxygen atoms in total. The Bertz CT molecular complexity index is 1150. The molecule has 0 aliphatic carbocycles. The van der Waals surface area contributed by atoms with Crippen molar-refractivity contribution in [1.29, 1.82) is 0 Å². The zero-order valence-electron chi connectivity index (χ0n) is 21.1. The number of nitrogens with one attached hydrogen (secondary N) is 3. The third-order valence-electron chi connectivity index (χ3n) is 5.75. The number of rotatable bonds is 15. The van der Waals surface area contributed by atoms with Crippen LogP contribution in [0.5, 0.6) is 5.75 Å². The lowest BCUT2D eigenvalue weighted by molar-refractivity contribution is -0.141. The molecule has 0 saturated heterocycles. The van der Waals surface area contributed by atoms with E-state index in [2.05, 4.69) is 28.6 Å². The van der Waals surface area contributed by atoms with Crippen LogP contribution in [0.15, 0.2) is 54.6 Å². The van der Waals surface area contributed by atoms with Gasteiger partial charge >= 0.3 is 5.97 Å². The molecule has 0 heterocycles. The molecule has 0 bridgehead atoms. The van der Waals surface area contributed by atoms with Crippen molar-refractivity contribution in [3.8, 4) is 5.75 Å². The van der Waals surface area contributed by atoms with Gasteiger partial charge in [0.2, 0.25) is 23.6 Å². The van der Waals surface area contributed by atoms with Crippen LogP contribution in [0.3, 0.4) is 0 Å². The lowest BCUT2D eigenvalue weighted by Crippen LogP contribution is -2.58. The summed E-state index contributed by atoms with van der Waals surface area (Å²) in [7, 11) is 0. The van der Waals surface area contributed by atoms with Crippen molar-refractivity contribution in [3.05, 3.63) is 65.7 Å². The first kappa shape index (κ1) is 31.1. The van der Waals surface area contributed by atoms with E-state index in [0.29, 0.717) is 11.1 Å². The van der Waals surface area contributed by atoms with E-state index in [1.54, 1.807) is 42.5 Å². The average Bonchev–Trinajstić information content (AvgIpc) is 2.90. The fourth-order valence-corrected chi connectivity index (χ4v) is 3.85. The highest BCUT2D eigenvalue weighted by molar-refractivity contribution is 7.80. The molecule has 0 aliphatic heterocycles. The number of carboxylic acid groups (broad SMARTS) is 1. The predicted molar refractivity (Wildman–Crippen MR) is 146 cm³/mol. The van der Waals surface area contributed by atoms with Crippen molar-refractivity contribution in [1.82, 2.24) is 16.0 Å². The van der Waals surface area contributed by atoms with Crippen LogP contribution in [-0.4, -0.2) is 69.7 Å². The second-order valence-electron chi connectivity index (χ2n) is 8.88. The van der Waals surface area contributed by atoms with Gasteiger partial charge in [0.15, 0.2) is 0 Å². The molecule has 4 unspecified atom stereocenters. The summed E-state index contributed by atoms with van der Waals surface area (Å²) in [6, 6.07) is 10.2. The standard InChI is InChI=1S/C26H33N5O7S/c27-18(12-16-6-8-17(32)9-7-16)23(34)30-20(13-15-4-2-1-3-5-15)25(36)29-19(10-11-22(28)33)24(35)31-21(14-39)26(37)38/h1-9,18-21,32,39H,10-14,27H2,(H2,28,33)(H,29,36)(H,30,34)(H,31,35)(H,37,38). The Labute approximate surface area is 230 Å². The Balaban J connectivity index is 2.21. The summed E-state index contributed by atoms with van der Waals surface area (Å²) < 4.78 is 0. The Kier molecular flexibility index (Phi) is 12.2. The molecule has 39 heavy (non-hydrogen) atoms. The summed E-state index contributed by atoms with van der Waals surface area (Å²) in [5.41, 5.74) is 12.7. The van der Waals surface area contributed by atoms with Gasteiger partial charge in [0.1, 0.15) is 23.9 Å². The van der Waals surface area contributed by atoms with Gasteiger partial charge in [0.05, 0.1) is 6.04 Å². The minimum absolute atomic E-state index is 0.0584. The van der Waals surface area contributed by atoms with Gasteiger partial charge < -0.3 is 37.6 Å². The van der Waals surface area contributed by atoms with Crippen molar-refractivity contribution in [2.24, 2.45) is 11.5 Å². The highest BCUT2D eigenvalue weighted by atomic mass is 32.1. The quantitative estimate of drug-likeness (QED) is 0.130. The second kappa shape index (κ2) is 15.3. The molecule has 13 heteroatoms. The van der Waals surface area contributed by atoms with Crippen LogP contribution in [0.1, 0.15) is 24.0 Å². The first-order valence-electron chi connectivity index (χ1n) is 12.1. The number of amides is 4. The molecule has 4 amide bonds. The Morgan fingerprint density at radius 2 is 1.31 bits per heavy atom. The number of benzene rings is 2. The fraction of sp³-hybridized carbons (Fsp3) is 0.346. The maximum Gasteiger partial charge on any atom is 0.327 e. The largest absolute Gasteiger partial charge is 0.508 e. The van der Waals surface area contributed by atoms with Crippen molar-refractivity contribution >= 4 is 42.2 Å². The summed E-state index contributed by atoms with van der Waals surface area (Å²) in [5.74, 6) is -4.40. The number of primary amides is 1. The number of hydrogen-bond donors (Lipinski definition) is 8. The molecule has 9 N–H and O–H groups in total. The van der Waals surface area contributed by atoms with E-state index in [4.69, 9.17) is 11.5 Å². The zero-order valence-corrected chi connectivity index (χ0v) is 22.0. The van der Waals surface area contributed by atoms with Crippen LogP contribution in [-0.2, 0) is 36.8 Å². The third kappa shape index (κ3) is 10.7. The van der Waals surface area contributed by atoms with Crippen molar-refractivity contribution in [3.63, 3.8) is 0 Å². The monoisotopic (exact) mass is 559 g/mol. The number of thiol groups is 1. The van der Waals surface area contributed by atoms with E-state index in [1.807, 2.05) is 0 Å². The lowest BCUT2D eigenvalue weighted by atomic mass is 10.0. The van der Waals surface area contributed by atoms with E-state index in [9.17, 15) is 34.2 Å². The second-order valence-corrected chi connectivity index (χ2v) is 9.24. The van der Waals surface area contributed by atoms with Gasteiger partial charge in [-0.1, -0.05) is 42.5 Å². The molecule has 0 fully saturated rings. The van der Waals surface area contributed by atoms with Gasteiger partial charge in [0, 0.05) is 18.6 Å². The zero-order chi connectivity index (χ0) is 28.9. The maximum absolute atomic E-state index is 13.3. The molecule has 2 rings (SSSR count). The predicted octanol–water partition coefficient (Wildman–Crippen LogP) is -0.761. The topological polar surface area (TPSA) is 214 Å². The van der Waals surface area contributed by atoms with E-state index >= 15 is 0 Å². The number of hydrogen-bond acceptors (Lipinski definition) is 8. The van der Waals surface area contributed by atoms with E-state index in [-0.39, 0.29) is 37.2 Å². The van der Waals surface area contributed by atoms with Crippen LogP contribution in [0.4, 0.5) is 0 Å². The van der Waals surface area contributed by atoms with Crippen molar-refractivity contribution in [2.45, 2.75) is 49.9 Å². The molecule has 0 aliphatic rings. The SMILES string of the molecule is NC(=O)CCC(NC(=O)C(Cc1ccccc1)NC(=O)C(N)Cc1ccc(O)cc1)C(=O)NC(CS)C(=O)O. The highest BCUT2D eigenvalue weighted by Gasteiger charge is 2.30. The molecule has 4 atom stereocenters. The molecular weight excluding hydrogens is 526 g/mol. The third-order valence-corrected chi connectivity index (χ3v) is 6.12. The van der Waals surface area contributed by atoms with Gasteiger partial charge in [-0.15, -0.1) is 0 Å². The van der Waals surface area contributed by atoms with E-state index in [0.717, 1.165) is 0 Å². The number of carboxylic acids is 1. The number of aromatic hydroxyl groups is 1. The van der Waals surface area contributed by atoms with Crippen LogP contribution in [0.2, 0.25) is 0 Å². The molecule has 0 saturated carbocycles. The highest BCUT2D eigenvalue weighted by Crippen LogP contribution is 2.11. The van der Waals surface area contributed by atoms with Crippen molar-refractivity contribution < 1.29 is 34.2 Å². The average molecular weight is 560 g/mol. The molecule has 0 radical (unpaired) electrons. The normalized spacial score (nSPS) is 13.8. The van der Waals surface area contributed by atoms with Gasteiger partial charge in [0.25, 0.3) is 0 Å². The van der Waals surface area contributed by atoms with Gasteiger partial charge in [-0.05, 0) is 36.1 Å². The molecule has 0 aromatic heterocycles. The number of carbonyl (C=O) groups excluding carboxylic acids is 4. The molecule has 2 aromatic rings. The summed E-state index contributed by atoms with van der Waals surface area (Å²) in [6.45, 7) is 0. The maximum atomic E-state index is 13.3. The van der Waals surface area contributed by atoms with Crippen molar-refractivity contribution in [2.75, 3.05) is 5.75 Å². The van der Waals surface area contributed by atoms with Gasteiger partial charge in [-0.3, -0.25) is 19.2 Å². The number of phenols is 1. The molecule has 2 aromatic carbocycles. The van der Waals surface area contributed by atoms with E-state index in [1.165, 1.54) is 12.1 Å². The summed E-state index contributed by atoms with van der Waals surface area (Å²) in [5, 5.41) is 26.1. The Morgan fingerprint density at radius 1 is 0.769 bits per heavy atom. The molecule has 210 valence electrons. The van der Waals surface area contributed by atoms with E-state index < -0.39 is 53.8 Å². The molecular formula is C26H33N5O7S. The van der Waals surface area contributed by atoms with Crippen LogP contribution >= 0.6 is 12.6 Å². The first-order chi connectivity index (χ1) is 18.5. The van der Waals surface area contributed by atoms with Crippen LogP contribution in [0, 0.1) is 0 Å². The summed E-state index contributed by atoms with van der Waals surface area (Å²) in [4.78, 5) is 61.7. The fourth-order valence-electron chi connectivity index (χ4n) is 3.60. The Hall–Kier alpha value is -4.10. The minimum Gasteiger partial charge on any atom is -0.508 e. The Morgan fingerprint density at radius 3 is 1.87 bits per heavy atom. The van der Waals surface area contributed by atoms with Crippen LogP contribution in [0.25, 0.3) is 0 Å². The lowest BCUT2D eigenvalue weighted by Gasteiger charge is -2.25. The van der Waals surface area contributed by atoms with Gasteiger partial charge in [-0.25, -0.2) is 4.79 Å². The number of nitrogens with two attached hydrogens (primary N) is 2.